The average molecular weight is 442 g/mol. The van der Waals surface area contributed by atoms with E-state index in [1.54, 1.807) is 30.3 Å². The van der Waals surface area contributed by atoms with Gasteiger partial charge in [-0.05, 0) is 65.4 Å². The second-order valence-electron chi connectivity index (χ2n) is 7.19. The average Bonchev–Trinajstić information content (AvgIpc) is 3.23. The van der Waals surface area contributed by atoms with E-state index in [9.17, 15) is 13.6 Å². The van der Waals surface area contributed by atoms with Crippen LogP contribution in [0.4, 0.5) is 13.8 Å². The number of rotatable bonds is 4. The van der Waals surface area contributed by atoms with E-state index >= 15 is 0 Å². The summed E-state index contributed by atoms with van der Waals surface area (Å²) in [5.41, 5.74) is 2.47. The van der Waals surface area contributed by atoms with E-state index in [2.05, 4.69) is 10.3 Å². The van der Waals surface area contributed by atoms with Gasteiger partial charge in [-0.2, -0.15) is 0 Å². The molecule has 0 unspecified atom stereocenters. The van der Waals surface area contributed by atoms with E-state index in [1.807, 2.05) is 36.4 Å². The van der Waals surface area contributed by atoms with Crippen molar-refractivity contribution >= 4 is 33.0 Å². The van der Waals surface area contributed by atoms with Crippen LogP contribution in [-0.4, -0.2) is 10.9 Å². The molecule has 1 N–H and O–H groups in total. The number of aromatic nitrogens is 1. The Hall–Kier alpha value is -3.90. The lowest BCUT2D eigenvalue weighted by atomic mass is 10.0. The van der Waals surface area contributed by atoms with Crippen LogP contribution >= 0.6 is 11.3 Å². The van der Waals surface area contributed by atoms with E-state index in [4.69, 9.17) is 0 Å². The molecule has 0 saturated heterocycles. The van der Waals surface area contributed by atoms with E-state index in [0.717, 1.165) is 16.3 Å². The minimum absolute atomic E-state index is 0.264. The summed E-state index contributed by atoms with van der Waals surface area (Å²) in [6, 6.07) is 25.2. The van der Waals surface area contributed by atoms with Gasteiger partial charge in [0, 0.05) is 16.7 Å². The molecule has 5 aromatic rings. The Balaban J connectivity index is 1.57. The molecule has 0 fully saturated rings. The Kier molecular flexibility index (Phi) is 5.21. The Morgan fingerprint density at radius 2 is 1.38 bits per heavy atom. The first-order valence-electron chi connectivity index (χ1n) is 9.90. The molecule has 0 aliphatic carbocycles. The number of carbonyl (C=O) groups is 1. The highest BCUT2D eigenvalue weighted by atomic mass is 32.1. The van der Waals surface area contributed by atoms with E-state index in [-0.39, 0.29) is 17.5 Å². The topological polar surface area (TPSA) is 42.0 Å². The van der Waals surface area contributed by atoms with Gasteiger partial charge < -0.3 is 5.32 Å². The predicted molar refractivity (Wildman–Crippen MR) is 125 cm³/mol. The number of halogens is 2. The smallest absolute Gasteiger partial charge is 0.256 e. The van der Waals surface area contributed by atoms with Crippen LogP contribution in [0.25, 0.3) is 32.6 Å². The third kappa shape index (κ3) is 3.88. The number of hydrogen-bond donors (Lipinski definition) is 1. The van der Waals surface area contributed by atoms with Crippen LogP contribution < -0.4 is 5.32 Å². The van der Waals surface area contributed by atoms with Crippen molar-refractivity contribution in [1.82, 2.24) is 4.98 Å². The number of carbonyl (C=O) groups excluding carboxylic acids is 1. The molecule has 32 heavy (non-hydrogen) atoms. The van der Waals surface area contributed by atoms with Gasteiger partial charge in [0.2, 0.25) is 0 Å². The zero-order chi connectivity index (χ0) is 22.1. The summed E-state index contributed by atoms with van der Waals surface area (Å²) in [6.45, 7) is 0. The number of hydrogen-bond acceptors (Lipinski definition) is 3. The molecule has 1 amide bonds. The molecule has 1 heterocycles. The lowest BCUT2D eigenvalue weighted by molar-refractivity contribution is 0.102. The van der Waals surface area contributed by atoms with Gasteiger partial charge in [0.25, 0.3) is 5.91 Å². The lowest BCUT2D eigenvalue weighted by Crippen LogP contribution is -2.12. The number of fused-ring (bicyclic) bond motifs is 1. The van der Waals surface area contributed by atoms with Gasteiger partial charge in [0.15, 0.2) is 0 Å². The van der Waals surface area contributed by atoms with Crippen molar-refractivity contribution in [2.75, 3.05) is 5.32 Å². The van der Waals surface area contributed by atoms with Gasteiger partial charge >= 0.3 is 0 Å². The molecular weight excluding hydrogens is 426 g/mol. The van der Waals surface area contributed by atoms with Crippen molar-refractivity contribution in [3.63, 3.8) is 0 Å². The van der Waals surface area contributed by atoms with E-state index < -0.39 is 0 Å². The Labute approximate surface area is 187 Å². The molecule has 6 heteroatoms. The number of nitrogens with one attached hydrogen (secondary N) is 1. The molecule has 0 bridgehead atoms. The fourth-order valence-corrected chi connectivity index (χ4v) is 4.51. The molecule has 4 aromatic carbocycles. The van der Waals surface area contributed by atoms with Gasteiger partial charge in [-0.3, -0.25) is 4.79 Å². The molecule has 0 spiro atoms. The van der Waals surface area contributed by atoms with Crippen LogP contribution in [0.15, 0.2) is 91.0 Å². The van der Waals surface area contributed by atoms with Crippen LogP contribution in [-0.2, 0) is 0 Å². The normalized spacial score (nSPS) is 10.9. The molecule has 1 aromatic heterocycles. The fourth-order valence-electron chi connectivity index (χ4n) is 3.52. The number of benzene rings is 4. The summed E-state index contributed by atoms with van der Waals surface area (Å²) in [4.78, 5) is 17.9. The summed E-state index contributed by atoms with van der Waals surface area (Å²) in [7, 11) is 0. The van der Waals surface area contributed by atoms with Gasteiger partial charge in [0.1, 0.15) is 27.3 Å². The van der Waals surface area contributed by atoms with E-state index in [1.165, 1.54) is 35.6 Å². The Morgan fingerprint density at radius 3 is 2.09 bits per heavy atom. The minimum Gasteiger partial charge on any atom is -0.312 e. The van der Waals surface area contributed by atoms with Crippen LogP contribution in [0.3, 0.4) is 0 Å². The lowest BCUT2D eigenvalue weighted by Gasteiger charge is -2.08. The molecule has 0 aliphatic rings. The largest absolute Gasteiger partial charge is 0.312 e. The third-order valence-corrected chi connectivity index (χ3v) is 6.12. The summed E-state index contributed by atoms with van der Waals surface area (Å²) in [5, 5.41) is 5.96. The molecule has 0 atom stereocenters. The molecule has 3 nitrogen and oxygen atoms in total. The highest BCUT2D eigenvalue weighted by molar-refractivity contribution is 7.19. The molecule has 0 aliphatic heterocycles. The standard InChI is InChI=1S/C26H16F2N2OS/c27-19-12-8-17(9-13-19)23-26(32-25(29-23)18-10-14-20(28)15-11-18)30-24(31)22-7-3-5-16-4-1-2-6-21(16)22/h1-15H,(H,30,31). The number of anilines is 1. The fraction of sp³-hybridized carbons (Fsp3) is 0. The van der Waals surface area contributed by atoms with Crippen LogP contribution in [0.1, 0.15) is 10.4 Å². The Morgan fingerprint density at radius 1 is 0.750 bits per heavy atom. The van der Waals surface area contributed by atoms with Crippen molar-refractivity contribution in [3.05, 3.63) is 108 Å². The second-order valence-corrected chi connectivity index (χ2v) is 8.19. The molecule has 5 rings (SSSR count). The first kappa shape index (κ1) is 20.0. The Bertz CT molecular complexity index is 1420. The summed E-state index contributed by atoms with van der Waals surface area (Å²) >= 11 is 1.29. The maximum absolute atomic E-state index is 13.5. The maximum atomic E-state index is 13.5. The van der Waals surface area contributed by atoms with Crippen molar-refractivity contribution in [2.45, 2.75) is 0 Å². The van der Waals surface area contributed by atoms with Gasteiger partial charge in [-0.25, -0.2) is 13.8 Å². The monoisotopic (exact) mass is 442 g/mol. The van der Waals surface area contributed by atoms with Crippen molar-refractivity contribution in [1.29, 1.82) is 0 Å². The van der Waals surface area contributed by atoms with Crippen molar-refractivity contribution in [3.8, 4) is 21.8 Å². The van der Waals surface area contributed by atoms with Crippen molar-refractivity contribution < 1.29 is 13.6 Å². The van der Waals surface area contributed by atoms with Crippen molar-refractivity contribution in [2.24, 2.45) is 0 Å². The molecule has 156 valence electrons. The van der Waals surface area contributed by atoms with Crippen LogP contribution in [0.5, 0.6) is 0 Å². The zero-order valence-corrected chi connectivity index (χ0v) is 17.5. The van der Waals surface area contributed by atoms with Crippen LogP contribution in [0, 0.1) is 11.6 Å². The summed E-state index contributed by atoms with van der Waals surface area (Å²) in [5.74, 6) is -0.961. The van der Waals surface area contributed by atoms with Gasteiger partial charge in [-0.1, -0.05) is 47.7 Å². The number of amides is 1. The summed E-state index contributed by atoms with van der Waals surface area (Å²) in [6.07, 6.45) is 0. The maximum Gasteiger partial charge on any atom is 0.256 e. The first-order chi connectivity index (χ1) is 15.6. The first-order valence-corrected chi connectivity index (χ1v) is 10.7. The number of nitrogens with zero attached hydrogens (tertiary/aromatic N) is 1. The SMILES string of the molecule is O=C(Nc1sc(-c2ccc(F)cc2)nc1-c1ccc(F)cc1)c1cccc2ccccc12. The van der Waals surface area contributed by atoms with Gasteiger partial charge in [0.05, 0.1) is 0 Å². The number of thiazole rings is 1. The van der Waals surface area contributed by atoms with Crippen LogP contribution in [0.2, 0.25) is 0 Å². The predicted octanol–water partition coefficient (Wildman–Crippen LogP) is 7.16. The van der Waals surface area contributed by atoms with Gasteiger partial charge in [-0.15, -0.1) is 0 Å². The second kappa shape index (κ2) is 8.32. The third-order valence-electron chi connectivity index (χ3n) is 5.10. The summed E-state index contributed by atoms with van der Waals surface area (Å²) < 4.78 is 26.8. The quantitative estimate of drug-likeness (QED) is 0.321. The zero-order valence-electron chi connectivity index (χ0n) is 16.7. The molecular formula is C26H16F2N2OS. The molecule has 0 radical (unpaired) electrons. The highest BCUT2D eigenvalue weighted by Gasteiger charge is 2.18. The molecule has 0 saturated carbocycles. The van der Waals surface area contributed by atoms with E-state index in [0.29, 0.717) is 26.8 Å². The highest BCUT2D eigenvalue weighted by Crippen LogP contribution is 2.38. The minimum atomic E-state index is -0.357.